The number of nitrogens with zero attached hydrogens (tertiary/aromatic N) is 1. The van der Waals surface area contributed by atoms with E-state index in [4.69, 9.17) is 0 Å². The molecule has 1 aromatic carbocycles. The molecule has 2 nitrogen and oxygen atoms in total. The average molecular weight is 244 g/mol. The SMILES string of the molecule is CCCCCn1cc(CCNC)c2ccccc21. The number of likely N-dealkylation sites (N-methyl/N-ethyl adjacent to an activating group) is 1. The van der Waals surface area contributed by atoms with Crippen molar-refractivity contribution < 1.29 is 0 Å². The van der Waals surface area contributed by atoms with Gasteiger partial charge in [0.1, 0.15) is 0 Å². The second-order valence-corrected chi connectivity index (χ2v) is 4.93. The lowest BCUT2D eigenvalue weighted by Gasteiger charge is -2.03. The third kappa shape index (κ3) is 2.94. The van der Waals surface area contributed by atoms with Crippen LogP contribution in [-0.4, -0.2) is 18.2 Å². The van der Waals surface area contributed by atoms with Crippen molar-refractivity contribution in [1.82, 2.24) is 9.88 Å². The minimum atomic E-state index is 1.04. The molecule has 1 aromatic heterocycles. The Labute approximate surface area is 110 Å². The highest BCUT2D eigenvalue weighted by Crippen LogP contribution is 2.22. The van der Waals surface area contributed by atoms with Gasteiger partial charge in [0.25, 0.3) is 0 Å². The van der Waals surface area contributed by atoms with Crippen molar-refractivity contribution >= 4 is 10.9 Å². The van der Waals surface area contributed by atoms with Gasteiger partial charge in [0.15, 0.2) is 0 Å². The summed E-state index contributed by atoms with van der Waals surface area (Å²) < 4.78 is 2.43. The maximum atomic E-state index is 3.23. The Kier molecular flexibility index (Phi) is 4.82. The maximum absolute atomic E-state index is 3.23. The number of hydrogen-bond acceptors (Lipinski definition) is 1. The fourth-order valence-electron chi connectivity index (χ4n) is 2.50. The van der Waals surface area contributed by atoms with Gasteiger partial charge in [-0.15, -0.1) is 0 Å². The van der Waals surface area contributed by atoms with Crippen molar-refractivity contribution in [1.29, 1.82) is 0 Å². The van der Waals surface area contributed by atoms with Crippen molar-refractivity contribution in [3.63, 3.8) is 0 Å². The largest absolute Gasteiger partial charge is 0.347 e. The third-order valence-corrected chi connectivity index (χ3v) is 3.52. The monoisotopic (exact) mass is 244 g/mol. The van der Waals surface area contributed by atoms with Crippen LogP contribution in [0.15, 0.2) is 30.5 Å². The van der Waals surface area contributed by atoms with Crippen LogP contribution >= 0.6 is 0 Å². The van der Waals surface area contributed by atoms with Gasteiger partial charge in [-0.2, -0.15) is 0 Å². The number of hydrogen-bond donors (Lipinski definition) is 1. The maximum Gasteiger partial charge on any atom is 0.0483 e. The number of unbranched alkanes of at least 4 members (excludes halogenated alkanes) is 2. The first-order chi connectivity index (χ1) is 8.86. The summed E-state index contributed by atoms with van der Waals surface area (Å²) in [5, 5.41) is 4.65. The molecule has 0 amide bonds. The van der Waals surface area contributed by atoms with Gasteiger partial charge in [-0.25, -0.2) is 0 Å². The molecule has 0 fully saturated rings. The van der Waals surface area contributed by atoms with Crippen LogP contribution in [0.4, 0.5) is 0 Å². The number of aromatic nitrogens is 1. The smallest absolute Gasteiger partial charge is 0.0483 e. The topological polar surface area (TPSA) is 17.0 Å². The van der Waals surface area contributed by atoms with Crippen molar-refractivity contribution in [2.45, 2.75) is 39.2 Å². The molecule has 0 aliphatic rings. The summed E-state index contributed by atoms with van der Waals surface area (Å²) in [6.45, 7) is 4.45. The minimum absolute atomic E-state index is 1.04. The van der Waals surface area contributed by atoms with Crippen LogP contribution in [0.1, 0.15) is 31.7 Å². The first-order valence-electron chi connectivity index (χ1n) is 7.08. The van der Waals surface area contributed by atoms with E-state index in [-0.39, 0.29) is 0 Å². The minimum Gasteiger partial charge on any atom is -0.347 e. The highest BCUT2D eigenvalue weighted by Gasteiger charge is 2.06. The van der Waals surface area contributed by atoms with Crippen LogP contribution in [0.5, 0.6) is 0 Å². The summed E-state index contributed by atoms with van der Waals surface area (Å²) in [6.07, 6.45) is 7.33. The molecule has 18 heavy (non-hydrogen) atoms. The highest BCUT2D eigenvalue weighted by atomic mass is 15.0. The molecule has 1 heterocycles. The zero-order valence-electron chi connectivity index (χ0n) is 11.6. The molecule has 2 rings (SSSR count). The summed E-state index contributed by atoms with van der Waals surface area (Å²) in [5.74, 6) is 0. The molecule has 0 saturated heterocycles. The molecule has 2 aromatic rings. The van der Waals surface area contributed by atoms with Gasteiger partial charge < -0.3 is 9.88 Å². The van der Waals surface area contributed by atoms with Crippen LogP contribution in [0.25, 0.3) is 10.9 Å². The van der Waals surface area contributed by atoms with E-state index in [2.05, 4.69) is 47.3 Å². The molecule has 0 aliphatic carbocycles. The number of benzene rings is 1. The van der Waals surface area contributed by atoms with E-state index in [0.717, 1.165) is 19.5 Å². The zero-order chi connectivity index (χ0) is 12.8. The van der Waals surface area contributed by atoms with Crippen LogP contribution in [0, 0.1) is 0 Å². The molecule has 98 valence electrons. The van der Waals surface area contributed by atoms with E-state index in [1.807, 2.05) is 7.05 Å². The summed E-state index contributed by atoms with van der Waals surface area (Å²) in [7, 11) is 2.01. The lowest BCUT2D eigenvalue weighted by Crippen LogP contribution is -2.10. The van der Waals surface area contributed by atoms with Gasteiger partial charge in [-0.3, -0.25) is 0 Å². The highest BCUT2D eigenvalue weighted by molar-refractivity contribution is 5.84. The lowest BCUT2D eigenvalue weighted by atomic mass is 10.1. The Hall–Kier alpha value is -1.28. The van der Waals surface area contributed by atoms with E-state index >= 15 is 0 Å². The molecule has 0 bridgehead atoms. The van der Waals surface area contributed by atoms with E-state index in [1.54, 1.807) is 0 Å². The Morgan fingerprint density at radius 1 is 1.17 bits per heavy atom. The van der Waals surface area contributed by atoms with E-state index in [1.165, 1.54) is 35.7 Å². The Morgan fingerprint density at radius 3 is 2.78 bits per heavy atom. The Balaban J connectivity index is 2.23. The molecule has 0 radical (unpaired) electrons. The second kappa shape index (κ2) is 6.60. The fourth-order valence-corrected chi connectivity index (χ4v) is 2.50. The molecule has 0 atom stereocenters. The molecule has 0 aliphatic heterocycles. The number of nitrogens with one attached hydrogen (secondary N) is 1. The van der Waals surface area contributed by atoms with Crippen molar-refractivity contribution in [3.05, 3.63) is 36.0 Å². The molecule has 1 N–H and O–H groups in total. The van der Waals surface area contributed by atoms with Gasteiger partial charge in [-0.05, 0) is 38.1 Å². The van der Waals surface area contributed by atoms with Gasteiger partial charge >= 0.3 is 0 Å². The second-order valence-electron chi connectivity index (χ2n) is 4.93. The molecular weight excluding hydrogens is 220 g/mol. The van der Waals surface area contributed by atoms with Gasteiger partial charge in [0.05, 0.1) is 0 Å². The van der Waals surface area contributed by atoms with Gasteiger partial charge in [0.2, 0.25) is 0 Å². The lowest BCUT2D eigenvalue weighted by molar-refractivity contribution is 0.615. The van der Waals surface area contributed by atoms with Gasteiger partial charge in [-0.1, -0.05) is 38.0 Å². The van der Waals surface area contributed by atoms with Crippen molar-refractivity contribution in [2.75, 3.05) is 13.6 Å². The van der Waals surface area contributed by atoms with E-state index in [9.17, 15) is 0 Å². The number of fused-ring (bicyclic) bond motifs is 1. The summed E-state index contributed by atoms with van der Waals surface area (Å²) in [4.78, 5) is 0. The van der Waals surface area contributed by atoms with Crippen LogP contribution in [-0.2, 0) is 13.0 Å². The molecular formula is C16H24N2. The number of rotatable bonds is 7. The van der Waals surface area contributed by atoms with Crippen LogP contribution < -0.4 is 5.32 Å². The molecule has 0 unspecified atom stereocenters. The summed E-state index contributed by atoms with van der Waals surface area (Å²) in [5.41, 5.74) is 2.86. The molecule has 2 heteroatoms. The Morgan fingerprint density at radius 2 is 2.00 bits per heavy atom. The number of aryl methyl sites for hydroxylation is 1. The van der Waals surface area contributed by atoms with Gasteiger partial charge in [0, 0.05) is 23.6 Å². The normalized spacial score (nSPS) is 11.2. The third-order valence-electron chi connectivity index (χ3n) is 3.52. The zero-order valence-corrected chi connectivity index (χ0v) is 11.6. The number of para-hydroxylation sites is 1. The predicted molar refractivity (Wildman–Crippen MR) is 79.1 cm³/mol. The molecule has 0 spiro atoms. The predicted octanol–water partition coefficient (Wildman–Crippen LogP) is 3.59. The Bertz CT molecular complexity index is 485. The quantitative estimate of drug-likeness (QED) is 0.736. The molecule has 0 saturated carbocycles. The van der Waals surface area contributed by atoms with Crippen LogP contribution in [0.3, 0.4) is 0 Å². The fraction of sp³-hybridized carbons (Fsp3) is 0.500. The summed E-state index contributed by atoms with van der Waals surface area (Å²) in [6, 6.07) is 8.77. The summed E-state index contributed by atoms with van der Waals surface area (Å²) >= 11 is 0. The van der Waals surface area contributed by atoms with Crippen molar-refractivity contribution in [2.24, 2.45) is 0 Å². The van der Waals surface area contributed by atoms with E-state index in [0.29, 0.717) is 0 Å². The average Bonchev–Trinajstić information content (AvgIpc) is 2.76. The first-order valence-corrected chi connectivity index (χ1v) is 7.08. The van der Waals surface area contributed by atoms with Crippen molar-refractivity contribution in [3.8, 4) is 0 Å². The standard InChI is InChI=1S/C16H24N2/c1-3-4-7-12-18-13-14(10-11-17-2)15-8-5-6-9-16(15)18/h5-6,8-9,13,17H,3-4,7,10-12H2,1-2H3. The van der Waals surface area contributed by atoms with E-state index < -0.39 is 0 Å². The first kappa shape index (κ1) is 13.2. The van der Waals surface area contributed by atoms with Crippen LogP contribution in [0.2, 0.25) is 0 Å².